The van der Waals surface area contributed by atoms with E-state index < -0.39 is 0 Å². The first-order valence-corrected chi connectivity index (χ1v) is 10.3. The lowest BCUT2D eigenvalue weighted by molar-refractivity contribution is 0.515. The minimum atomic E-state index is 0.177. The molecule has 28 heavy (non-hydrogen) atoms. The average Bonchev–Trinajstić information content (AvgIpc) is 2.74. The summed E-state index contributed by atoms with van der Waals surface area (Å²) in [6.07, 6.45) is 7.60. The summed E-state index contributed by atoms with van der Waals surface area (Å²) >= 11 is 1.62. The van der Waals surface area contributed by atoms with Crippen molar-refractivity contribution in [2.24, 2.45) is 0 Å². The smallest absolute Gasteiger partial charge is 0.143 e. The highest BCUT2D eigenvalue weighted by atomic mass is 32.2. The van der Waals surface area contributed by atoms with Gasteiger partial charge in [0.15, 0.2) is 0 Å². The summed E-state index contributed by atoms with van der Waals surface area (Å²) in [4.78, 5) is 8.85. The normalized spacial score (nSPS) is 14.5. The van der Waals surface area contributed by atoms with Crippen LogP contribution in [0.3, 0.4) is 0 Å². The minimum Gasteiger partial charge on any atom is -0.383 e. The molecule has 2 N–H and O–H groups in total. The van der Waals surface area contributed by atoms with Crippen LogP contribution in [0.25, 0.3) is 22.0 Å². The maximum absolute atomic E-state index is 10.0. The van der Waals surface area contributed by atoms with Crippen molar-refractivity contribution in [1.29, 1.82) is 10.5 Å². The van der Waals surface area contributed by atoms with E-state index in [2.05, 4.69) is 22.1 Å². The Labute approximate surface area is 168 Å². The second-order valence-corrected chi connectivity index (χ2v) is 8.19. The molecule has 0 amide bonds. The number of rotatable bonds is 3. The fourth-order valence-corrected chi connectivity index (χ4v) is 5.11. The van der Waals surface area contributed by atoms with Crippen LogP contribution >= 0.6 is 11.8 Å². The Morgan fingerprint density at radius 2 is 1.75 bits per heavy atom. The molecule has 0 unspecified atom stereocenters. The summed E-state index contributed by atoms with van der Waals surface area (Å²) in [5.74, 6) is 0.177. The van der Waals surface area contributed by atoms with E-state index in [9.17, 15) is 10.5 Å². The second kappa shape index (κ2) is 7.88. The molecule has 0 radical (unpaired) electrons. The zero-order valence-corrected chi connectivity index (χ0v) is 16.2. The predicted molar refractivity (Wildman–Crippen MR) is 112 cm³/mol. The molecule has 6 heteroatoms. The molecule has 0 saturated heterocycles. The number of nitrogen functional groups attached to an aromatic ring is 1. The zero-order valence-electron chi connectivity index (χ0n) is 15.4. The Morgan fingerprint density at radius 1 is 1.00 bits per heavy atom. The van der Waals surface area contributed by atoms with Crippen molar-refractivity contribution in [3.8, 4) is 23.3 Å². The number of hydrogen-bond donors (Lipinski definition) is 1. The van der Waals surface area contributed by atoms with Gasteiger partial charge in [0.05, 0.1) is 11.1 Å². The standard InChI is InChI=1S/C22H19N5S/c23-12-17-20(16-10-11-26-19-9-5-4-8-15(16)19)18(13-24)22(27-21(17)25)28-14-6-2-1-3-7-14/h4-5,8-11,14H,1-3,6-7H2,(H2,25,27). The van der Waals surface area contributed by atoms with Gasteiger partial charge in [-0.1, -0.05) is 37.5 Å². The van der Waals surface area contributed by atoms with Crippen molar-refractivity contribution < 1.29 is 0 Å². The molecular weight excluding hydrogens is 366 g/mol. The zero-order chi connectivity index (χ0) is 19.5. The molecular formula is C22H19N5S. The molecule has 0 atom stereocenters. The molecule has 0 aliphatic heterocycles. The van der Waals surface area contributed by atoms with Gasteiger partial charge < -0.3 is 5.73 Å². The van der Waals surface area contributed by atoms with Crippen LogP contribution in [0.1, 0.15) is 43.2 Å². The summed E-state index contributed by atoms with van der Waals surface area (Å²) in [5, 5.41) is 21.7. The maximum atomic E-state index is 10.0. The van der Waals surface area contributed by atoms with Crippen LogP contribution in [-0.2, 0) is 0 Å². The fraction of sp³-hybridized carbons (Fsp3) is 0.273. The quantitative estimate of drug-likeness (QED) is 0.677. The summed E-state index contributed by atoms with van der Waals surface area (Å²) in [6, 6.07) is 14.0. The van der Waals surface area contributed by atoms with E-state index in [1.54, 1.807) is 18.0 Å². The van der Waals surface area contributed by atoms with Gasteiger partial charge in [0.1, 0.15) is 28.5 Å². The van der Waals surface area contributed by atoms with E-state index in [-0.39, 0.29) is 11.4 Å². The van der Waals surface area contributed by atoms with Crippen molar-refractivity contribution in [3.05, 3.63) is 47.7 Å². The molecule has 3 aromatic rings. The molecule has 5 nitrogen and oxygen atoms in total. The van der Waals surface area contributed by atoms with Crippen molar-refractivity contribution in [3.63, 3.8) is 0 Å². The molecule has 1 aromatic carbocycles. The molecule has 0 bridgehead atoms. The maximum Gasteiger partial charge on any atom is 0.143 e. The van der Waals surface area contributed by atoms with Crippen LogP contribution in [0.4, 0.5) is 5.82 Å². The van der Waals surface area contributed by atoms with Gasteiger partial charge in [0, 0.05) is 22.4 Å². The molecule has 1 aliphatic carbocycles. The average molecular weight is 385 g/mol. The summed E-state index contributed by atoms with van der Waals surface area (Å²) in [5.41, 5.74) is 9.01. The molecule has 4 rings (SSSR count). The van der Waals surface area contributed by atoms with Crippen molar-refractivity contribution in [2.45, 2.75) is 42.4 Å². The van der Waals surface area contributed by atoms with E-state index >= 15 is 0 Å². The monoisotopic (exact) mass is 385 g/mol. The molecule has 1 saturated carbocycles. The number of benzene rings is 1. The highest BCUT2D eigenvalue weighted by Crippen LogP contribution is 2.41. The summed E-state index contributed by atoms with van der Waals surface area (Å²) in [6.45, 7) is 0. The van der Waals surface area contributed by atoms with Gasteiger partial charge in [-0.15, -0.1) is 11.8 Å². The lowest BCUT2D eigenvalue weighted by Crippen LogP contribution is -2.10. The number of anilines is 1. The second-order valence-electron chi connectivity index (χ2n) is 6.90. The Hall–Kier alpha value is -3.09. The third kappa shape index (κ3) is 3.28. The molecule has 2 aromatic heterocycles. The van der Waals surface area contributed by atoms with E-state index in [4.69, 9.17) is 5.73 Å². The van der Waals surface area contributed by atoms with E-state index in [1.165, 1.54) is 19.3 Å². The van der Waals surface area contributed by atoms with Gasteiger partial charge in [0.2, 0.25) is 0 Å². The molecule has 1 fully saturated rings. The van der Waals surface area contributed by atoms with Crippen LogP contribution in [0.5, 0.6) is 0 Å². The third-order valence-corrected chi connectivity index (χ3v) is 6.49. The van der Waals surface area contributed by atoms with Gasteiger partial charge in [-0.25, -0.2) is 4.98 Å². The van der Waals surface area contributed by atoms with Gasteiger partial charge in [-0.3, -0.25) is 4.98 Å². The van der Waals surface area contributed by atoms with Crippen LogP contribution in [0.15, 0.2) is 41.6 Å². The highest BCUT2D eigenvalue weighted by Gasteiger charge is 2.24. The lowest BCUT2D eigenvalue weighted by Gasteiger charge is -2.22. The van der Waals surface area contributed by atoms with E-state index in [0.29, 0.717) is 21.4 Å². The summed E-state index contributed by atoms with van der Waals surface area (Å²) in [7, 11) is 0. The van der Waals surface area contributed by atoms with Gasteiger partial charge in [-0.05, 0) is 30.5 Å². The van der Waals surface area contributed by atoms with E-state index in [1.807, 2.05) is 30.3 Å². The number of nitrogens with two attached hydrogens (primary N) is 1. The van der Waals surface area contributed by atoms with Gasteiger partial charge in [-0.2, -0.15) is 10.5 Å². The highest BCUT2D eigenvalue weighted by molar-refractivity contribution is 7.99. The van der Waals surface area contributed by atoms with Gasteiger partial charge >= 0.3 is 0 Å². The van der Waals surface area contributed by atoms with Crippen molar-refractivity contribution >= 4 is 28.5 Å². The Bertz CT molecular complexity index is 1110. The number of fused-ring (bicyclic) bond motifs is 1. The fourth-order valence-electron chi connectivity index (χ4n) is 3.81. The topological polar surface area (TPSA) is 99.4 Å². The first kappa shape index (κ1) is 18.3. The Balaban J connectivity index is 1.95. The van der Waals surface area contributed by atoms with E-state index in [0.717, 1.165) is 29.3 Å². The molecule has 1 aliphatic rings. The Morgan fingerprint density at radius 3 is 2.50 bits per heavy atom. The van der Waals surface area contributed by atoms with Crippen molar-refractivity contribution in [1.82, 2.24) is 9.97 Å². The number of hydrogen-bond acceptors (Lipinski definition) is 6. The van der Waals surface area contributed by atoms with Crippen molar-refractivity contribution in [2.75, 3.05) is 5.73 Å². The number of nitriles is 2. The predicted octanol–water partition coefficient (Wildman–Crippen LogP) is 5.05. The van der Waals surface area contributed by atoms with Gasteiger partial charge in [0.25, 0.3) is 0 Å². The van der Waals surface area contributed by atoms with Crippen LogP contribution in [0, 0.1) is 22.7 Å². The van der Waals surface area contributed by atoms with Crippen LogP contribution < -0.4 is 5.73 Å². The molecule has 138 valence electrons. The third-order valence-electron chi connectivity index (χ3n) is 5.16. The first-order chi connectivity index (χ1) is 13.7. The van der Waals surface area contributed by atoms with Crippen LogP contribution in [0.2, 0.25) is 0 Å². The largest absolute Gasteiger partial charge is 0.383 e. The number of aromatic nitrogens is 2. The summed E-state index contributed by atoms with van der Waals surface area (Å²) < 4.78 is 0. The number of thioether (sulfide) groups is 1. The minimum absolute atomic E-state index is 0.177. The number of pyridine rings is 2. The number of para-hydroxylation sites is 1. The first-order valence-electron chi connectivity index (χ1n) is 9.37. The van der Waals surface area contributed by atoms with Crippen LogP contribution in [-0.4, -0.2) is 15.2 Å². The number of nitrogens with zero attached hydrogens (tertiary/aromatic N) is 4. The SMILES string of the molecule is N#Cc1c(N)nc(SC2CCCCC2)c(C#N)c1-c1ccnc2ccccc12. The molecule has 0 spiro atoms. The molecule has 2 heterocycles. The Kier molecular flexibility index (Phi) is 5.14. The lowest BCUT2D eigenvalue weighted by atomic mass is 9.94.